The van der Waals surface area contributed by atoms with Crippen LogP contribution in [0.15, 0.2) is 70.0 Å². The molecule has 3 rings (SSSR count). The number of hydrogen-bond donors (Lipinski definition) is 0. The van der Waals surface area contributed by atoms with Crippen molar-refractivity contribution in [2.24, 2.45) is 0 Å². The molecule has 1 heterocycles. The fraction of sp³-hybridized carbons (Fsp3) is 0.150. The van der Waals surface area contributed by atoms with E-state index in [4.69, 9.17) is 16.0 Å². The summed E-state index contributed by atoms with van der Waals surface area (Å²) in [7, 11) is -3.03. The summed E-state index contributed by atoms with van der Waals surface area (Å²) in [5.74, 6) is -1.43. The first-order valence-corrected chi connectivity index (χ1v) is 10.3. The van der Waals surface area contributed by atoms with Gasteiger partial charge in [-0.05, 0) is 35.9 Å². The zero-order valence-corrected chi connectivity index (χ0v) is 16.9. The van der Waals surface area contributed by atoms with E-state index in [1.54, 1.807) is 24.3 Å². The standard InChI is InChI=1S/C20H17ClFNO5S/c1-27-20(24)18-11-10-15(28-18)13-23(12-14-6-2-3-7-16(14)21)29(25,26)19-9-5-4-8-17(19)22/h2-11H,12-13H2,1H3. The summed E-state index contributed by atoms with van der Waals surface area (Å²) in [4.78, 5) is 11.1. The van der Waals surface area contributed by atoms with E-state index in [1.165, 1.54) is 37.4 Å². The number of esters is 1. The Hall–Kier alpha value is -2.68. The number of halogens is 2. The predicted octanol–water partition coefficient (Wildman–Crippen LogP) is 4.25. The Balaban J connectivity index is 2.00. The lowest BCUT2D eigenvalue weighted by atomic mass is 10.2. The van der Waals surface area contributed by atoms with Crippen molar-refractivity contribution in [1.82, 2.24) is 4.31 Å². The molecule has 0 aliphatic carbocycles. The summed E-state index contributed by atoms with van der Waals surface area (Å²) in [6, 6.07) is 14.7. The molecule has 0 saturated carbocycles. The van der Waals surface area contributed by atoms with Crippen LogP contribution in [0.2, 0.25) is 5.02 Å². The molecule has 0 unspecified atom stereocenters. The van der Waals surface area contributed by atoms with Gasteiger partial charge in [0.2, 0.25) is 15.8 Å². The molecule has 3 aromatic rings. The summed E-state index contributed by atoms with van der Waals surface area (Å²) in [5, 5.41) is 0.371. The maximum absolute atomic E-state index is 14.2. The third-order valence-corrected chi connectivity index (χ3v) is 6.33. The van der Waals surface area contributed by atoms with Gasteiger partial charge < -0.3 is 9.15 Å². The lowest BCUT2D eigenvalue weighted by molar-refractivity contribution is 0.0562. The Labute approximate surface area is 172 Å². The van der Waals surface area contributed by atoms with Crippen LogP contribution in [-0.4, -0.2) is 25.8 Å². The van der Waals surface area contributed by atoms with Gasteiger partial charge in [-0.1, -0.05) is 41.9 Å². The molecule has 0 fully saturated rings. The van der Waals surface area contributed by atoms with Gasteiger partial charge >= 0.3 is 5.97 Å². The number of sulfonamides is 1. The maximum atomic E-state index is 14.2. The Kier molecular flexibility index (Phi) is 6.36. The molecule has 0 N–H and O–H groups in total. The SMILES string of the molecule is COC(=O)c1ccc(CN(Cc2ccccc2Cl)S(=O)(=O)c2ccccc2F)o1. The van der Waals surface area contributed by atoms with Gasteiger partial charge in [-0.3, -0.25) is 0 Å². The molecule has 152 valence electrons. The van der Waals surface area contributed by atoms with Crippen LogP contribution < -0.4 is 0 Å². The average Bonchev–Trinajstić information content (AvgIpc) is 3.17. The van der Waals surface area contributed by atoms with E-state index in [0.29, 0.717) is 10.6 Å². The lowest BCUT2D eigenvalue weighted by Crippen LogP contribution is -2.31. The summed E-state index contributed by atoms with van der Waals surface area (Å²) >= 11 is 6.18. The first kappa shape index (κ1) is 21.0. The Morgan fingerprint density at radius 2 is 1.76 bits per heavy atom. The van der Waals surface area contributed by atoms with Crippen LogP contribution in [0.5, 0.6) is 0 Å². The van der Waals surface area contributed by atoms with Crippen molar-refractivity contribution < 1.29 is 26.8 Å². The first-order chi connectivity index (χ1) is 13.8. The molecular formula is C20H17ClFNO5S. The van der Waals surface area contributed by atoms with Crippen molar-refractivity contribution in [3.05, 3.63) is 88.6 Å². The molecular weight excluding hydrogens is 421 g/mol. The first-order valence-electron chi connectivity index (χ1n) is 8.48. The molecule has 0 atom stereocenters. The number of rotatable bonds is 7. The van der Waals surface area contributed by atoms with Crippen LogP contribution in [0.3, 0.4) is 0 Å². The van der Waals surface area contributed by atoms with E-state index in [-0.39, 0.29) is 24.6 Å². The van der Waals surface area contributed by atoms with Gasteiger partial charge in [0.25, 0.3) is 0 Å². The molecule has 0 saturated heterocycles. The van der Waals surface area contributed by atoms with Crippen molar-refractivity contribution in [2.45, 2.75) is 18.0 Å². The molecule has 0 radical (unpaired) electrons. The van der Waals surface area contributed by atoms with Crippen molar-refractivity contribution in [2.75, 3.05) is 7.11 Å². The molecule has 1 aromatic heterocycles. The smallest absolute Gasteiger partial charge is 0.373 e. The Morgan fingerprint density at radius 1 is 1.07 bits per heavy atom. The fourth-order valence-electron chi connectivity index (χ4n) is 2.68. The minimum atomic E-state index is -4.24. The average molecular weight is 438 g/mol. The molecule has 0 aliphatic heterocycles. The Bertz CT molecular complexity index is 1130. The molecule has 0 amide bonds. The van der Waals surface area contributed by atoms with Crippen LogP contribution in [-0.2, 0) is 27.8 Å². The Morgan fingerprint density at radius 3 is 2.45 bits per heavy atom. The third-order valence-electron chi connectivity index (χ3n) is 4.14. The van der Waals surface area contributed by atoms with Crippen LogP contribution in [0, 0.1) is 5.82 Å². The topological polar surface area (TPSA) is 76.8 Å². The molecule has 0 spiro atoms. The second kappa shape index (κ2) is 8.77. The van der Waals surface area contributed by atoms with Crippen molar-refractivity contribution in [3.63, 3.8) is 0 Å². The number of furan rings is 1. The summed E-state index contributed by atoms with van der Waals surface area (Å²) in [5.41, 5.74) is 0.536. The van der Waals surface area contributed by atoms with Crippen molar-refractivity contribution in [1.29, 1.82) is 0 Å². The number of carbonyl (C=O) groups excluding carboxylic acids is 1. The fourth-order valence-corrected chi connectivity index (χ4v) is 4.33. The lowest BCUT2D eigenvalue weighted by Gasteiger charge is -2.22. The predicted molar refractivity (Wildman–Crippen MR) is 104 cm³/mol. The number of methoxy groups -OCH3 is 1. The van der Waals surface area contributed by atoms with Crippen molar-refractivity contribution in [3.8, 4) is 0 Å². The van der Waals surface area contributed by atoms with Gasteiger partial charge in [0, 0.05) is 11.6 Å². The second-order valence-corrected chi connectivity index (χ2v) is 8.37. The van der Waals surface area contributed by atoms with E-state index in [0.717, 1.165) is 10.4 Å². The summed E-state index contributed by atoms with van der Waals surface area (Å²) in [6.45, 7) is -0.358. The molecule has 6 nitrogen and oxygen atoms in total. The molecule has 9 heteroatoms. The molecule has 29 heavy (non-hydrogen) atoms. The van der Waals surface area contributed by atoms with Crippen LogP contribution in [0.4, 0.5) is 4.39 Å². The molecule has 0 aliphatic rings. The number of benzene rings is 2. The summed E-state index contributed by atoms with van der Waals surface area (Å²) < 4.78 is 51.6. The number of carbonyl (C=O) groups is 1. The highest BCUT2D eigenvalue weighted by Crippen LogP contribution is 2.26. The summed E-state index contributed by atoms with van der Waals surface area (Å²) in [6.07, 6.45) is 0. The van der Waals surface area contributed by atoms with E-state index >= 15 is 0 Å². The number of hydrogen-bond acceptors (Lipinski definition) is 5. The van der Waals surface area contributed by atoms with Gasteiger partial charge in [-0.25, -0.2) is 17.6 Å². The largest absolute Gasteiger partial charge is 0.463 e. The van der Waals surface area contributed by atoms with E-state index in [1.807, 2.05) is 0 Å². The van der Waals surface area contributed by atoms with E-state index < -0.39 is 26.7 Å². The number of nitrogens with zero attached hydrogens (tertiary/aromatic N) is 1. The normalized spacial score (nSPS) is 11.6. The molecule has 0 bridgehead atoms. The maximum Gasteiger partial charge on any atom is 0.373 e. The quantitative estimate of drug-likeness (QED) is 0.516. The van der Waals surface area contributed by atoms with E-state index in [2.05, 4.69) is 4.74 Å². The van der Waals surface area contributed by atoms with Crippen LogP contribution >= 0.6 is 11.6 Å². The minimum absolute atomic E-state index is 0.0662. The third kappa shape index (κ3) is 4.67. The van der Waals surface area contributed by atoms with Gasteiger partial charge in [-0.2, -0.15) is 4.31 Å². The zero-order valence-electron chi connectivity index (χ0n) is 15.3. The molecule has 2 aromatic carbocycles. The van der Waals surface area contributed by atoms with Crippen LogP contribution in [0.1, 0.15) is 21.9 Å². The van der Waals surface area contributed by atoms with Gasteiger partial charge in [0.05, 0.1) is 13.7 Å². The highest BCUT2D eigenvalue weighted by Gasteiger charge is 2.29. The van der Waals surface area contributed by atoms with Crippen LogP contribution in [0.25, 0.3) is 0 Å². The van der Waals surface area contributed by atoms with E-state index in [9.17, 15) is 17.6 Å². The minimum Gasteiger partial charge on any atom is -0.463 e. The van der Waals surface area contributed by atoms with Gasteiger partial charge in [-0.15, -0.1) is 0 Å². The van der Waals surface area contributed by atoms with Crippen molar-refractivity contribution >= 4 is 27.6 Å². The zero-order chi connectivity index (χ0) is 21.0. The van der Waals surface area contributed by atoms with Gasteiger partial charge in [0.1, 0.15) is 16.5 Å². The monoisotopic (exact) mass is 437 g/mol. The van der Waals surface area contributed by atoms with Gasteiger partial charge in [0.15, 0.2) is 0 Å². The number of ether oxygens (including phenoxy) is 1. The second-order valence-electron chi connectivity index (χ2n) is 6.05. The highest BCUT2D eigenvalue weighted by molar-refractivity contribution is 7.89. The highest BCUT2D eigenvalue weighted by atomic mass is 35.5.